The highest BCUT2D eigenvalue weighted by Gasteiger charge is 2.37. The number of aliphatic hydroxyl groups is 1. The maximum atomic E-state index is 15.4. The number of piperidine rings is 2. The molecule has 0 saturated carbocycles. The molecule has 0 unspecified atom stereocenters. The van der Waals surface area contributed by atoms with Crippen LogP contribution in [0.25, 0.3) is 0 Å². The molecule has 0 radical (unpaired) electrons. The molecule has 0 aliphatic carbocycles. The number of aromatic nitrogens is 3. The highest BCUT2D eigenvalue weighted by atomic mass is 19.1. The summed E-state index contributed by atoms with van der Waals surface area (Å²) in [6, 6.07) is 10.3. The monoisotopic (exact) mass is 588 g/mol. The quantitative estimate of drug-likeness (QED) is 0.258. The normalized spacial score (nSPS) is 17.0. The van der Waals surface area contributed by atoms with Crippen molar-refractivity contribution in [2.75, 3.05) is 55.3 Å². The number of carbonyl (C=O) groups excluding carboxylic acids is 1. The summed E-state index contributed by atoms with van der Waals surface area (Å²) in [4.78, 5) is 30.7. The minimum absolute atomic E-state index is 0.107. The molecular formula is C32H41FN8O2. The summed E-state index contributed by atoms with van der Waals surface area (Å²) in [7, 11) is 2.19. The van der Waals surface area contributed by atoms with Crippen molar-refractivity contribution in [1.82, 2.24) is 25.2 Å². The lowest BCUT2D eigenvalue weighted by Gasteiger charge is -2.46. The molecule has 0 bridgehead atoms. The van der Waals surface area contributed by atoms with Gasteiger partial charge in [-0.3, -0.25) is 4.79 Å². The number of hydrogen-bond donors (Lipinski definition) is 4. The standard InChI is InChI=1S/C32H41FN8O2/c1-5-15-34-29(42)23-21-35-30(39-28(23)38-27-8-6-7-26(37-27)31(2,3)43)36-25-10-9-22(20-24(25)33)41-18-13-32(14-19-41)11-16-40(4)17-12-32/h5-10,20-21,43H,1,11-19H2,2-4H3,(H,34,42)(H2,35,36,37,38,39). The zero-order valence-corrected chi connectivity index (χ0v) is 25.2. The molecule has 228 valence electrons. The first-order chi connectivity index (χ1) is 20.5. The van der Waals surface area contributed by atoms with Gasteiger partial charge in [0.1, 0.15) is 28.6 Å². The summed E-state index contributed by atoms with van der Waals surface area (Å²) in [5, 5.41) is 19.1. The third kappa shape index (κ3) is 7.29. The molecule has 11 heteroatoms. The minimum Gasteiger partial charge on any atom is -0.384 e. The third-order valence-electron chi connectivity index (χ3n) is 8.50. The number of hydrogen-bond acceptors (Lipinski definition) is 9. The SMILES string of the molecule is C=CCNC(=O)c1cnc(Nc2ccc(N3CCC4(CCN(C)CC4)CC3)cc2F)nc1Nc1cccc(C(C)(C)O)n1. The van der Waals surface area contributed by atoms with Crippen LogP contribution in [0.5, 0.6) is 0 Å². The number of likely N-dealkylation sites (tertiary alicyclic amines) is 1. The second-order valence-electron chi connectivity index (χ2n) is 12.1. The van der Waals surface area contributed by atoms with Crippen LogP contribution >= 0.6 is 0 Å². The fourth-order valence-electron chi connectivity index (χ4n) is 5.68. The van der Waals surface area contributed by atoms with E-state index < -0.39 is 17.3 Å². The Hall–Kier alpha value is -4.09. The predicted molar refractivity (Wildman–Crippen MR) is 168 cm³/mol. The van der Waals surface area contributed by atoms with Crippen LogP contribution in [0.4, 0.5) is 33.3 Å². The second-order valence-corrected chi connectivity index (χ2v) is 12.1. The van der Waals surface area contributed by atoms with E-state index in [-0.39, 0.29) is 29.6 Å². The summed E-state index contributed by atoms with van der Waals surface area (Å²) >= 11 is 0. The lowest BCUT2D eigenvalue weighted by Crippen LogP contribution is -2.46. The van der Waals surface area contributed by atoms with E-state index in [4.69, 9.17) is 0 Å². The van der Waals surface area contributed by atoms with E-state index in [1.165, 1.54) is 19.0 Å². The molecule has 4 N–H and O–H groups in total. The van der Waals surface area contributed by atoms with E-state index in [0.717, 1.165) is 44.7 Å². The summed E-state index contributed by atoms with van der Waals surface area (Å²) in [6.45, 7) is 11.3. The van der Waals surface area contributed by atoms with Crippen LogP contribution in [0.3, 0.4) is 0 Å². The fraction of sp³-hybridized carbons (Fsp3) is 0.438. The number of benzene rings is 1. The van der Waals surface area contributed by atoms with Crippen molar-refractivity contribution in [3.8, 4) is 0 Å². The van der Waals surface area contributed by atoms with Gasteiger partial charge in [0.05, 0.1) is 11.4 Å². The van der Waals surface area contributed by atoms with E-state index in [1.54, 1.807) is 50.3 Å². The van der Waals surface area contributed by atoms with Crippen LogP contribution in [0.1, 0.15) is 55.6 Å². The van der Waals surface area contributed by atoms with Gasteiger partial charge in [-0.2, -0.15) is 4.98 Å². The lowest BCUT2D eigenvalue weighted by molar-refractivity contribution is 0.0740. The molecule has 43 heavy (non-hydrogen) atoms. The molecule has 2 fully saturated rings. The minimum atomic E-state index is -1.16. The average molecular weight is 589 g/mol. The van der Waals surface area contributed by atoms with Crippen LogP contribution in [0, 0.1) is 11.2 Å². The van der Waals surface area contributed by atoms with Crippen LogP contribution in [0.15, 0.2) is 55.3 Å². The second kappa shape index (κ2) is 12.6. The molecule has 1 aromatic carbocycles. The number of anilines is 5. The molecule has 1 amide bonds. The fourth-order valence-corrected chi connectivity index (χ4v) is 5.68. The van der Waals surface area contributed by atoms with Crippen molar-refractivity contribution in [1.29, 1.82) is 0 Å². The van der Waals surface area contributed by atoms with E-state index in [9.17, 15) is 9.90 Å². The molecule has 3 aromatic rings. The van der Waals surface area contributed by atoms with Gasteiger partial charge in [0.2, 0.25) is 5.95 Å². The number of halogens is 1. The van der Waals surface area contributed by atoms with Crippen molar-refractivity contribution >= 4 is 34.9 Å². The van der Waals surface area contributed by atoms with E-state index >= 15 is 4.39 Å². The zero-order valence-electron chi connectivity index (χ0n) is 25.2. The average Bonchev–Trinajstić information content (AvgIpc) is 2.99. The molecule has 2 aliphatic rings. The molecule has 2 aromatic heterocycles. The van der Waals surface area contributed by atoms with Crippen LogP contribution in [-0.4, -0.2) is 70.6 Å². The van der Waals surface area contributed by atoms with Gasteiger partial charge in [-0.25, -0.2) is 14.4 Å². The van der Waals surface area contributed by atoms with Gasteiger partial charge in [-0.15, -0.1) is 6.58 Å². The Balaban J connectivity index is 1.33. The van der Waals surface area contributed by atoms with Crippen molar-refractivity contribution < 1.29 is 14.3 Å². The Labute approximate surface area is 252 Å². The predicted octanol–water partition coefficient (Wildman–Crippen LogP) is 4.95. The van der Waals surface area contributed by atoms with Crippen LogP contribution < -0.4 is 20.9 Å². The van der Waals surface area contributed by atoms with Gasteiger partial charge in [0.15, 0.2) is 0 Å². The van der Waals surface area contributed by atoms with E-state index in [2.05, 4.69) is 54.3 Å². The first-order valence-electron chi connectivity index (χ1n) is 14.8. The smallest absolute Gasteiger partial charge is 0.256 e. The van der Waals surface area contributed by atoms with Gasteiger partial charge in [0.25, 0.3) is 5.91 Å². The number of rotatable bonds is 9. The largest absolute Gasteiger partial charge is 0.384 e. The number of carbonyl (C=O) groups is 1. The van der Waals surface area contributed by atoms with E-state index in [0.29, 0.717) is 16.9 Å². The molecule has 2 aliphatic heterocycles. The lowest BCUT2D eigenvalue weighted by atomic mass is 9.71. The van der Waals surface area contributed by atoms with Crippen LogP contribution in [0.2, 0.25) is 0 Å². The maximum absolute atomic E-state index is 15.4. The third-order valence-corrected chi connectivity index (χ3v) is 8.50. The molecule has 4 heterocycles. The van der Waals surface area contributed by atoms with Gasteiger partial charge in [0, 0.05) is 31.5 Å². The summed E-state index contributed by atoms with van der Waals surface area (Å²) in [5.74, 6) is -0.168. The van der Waals surface area contributed by atoms with Crippen molar-refractivity contribution in [2.24, 2.45) is 5.41 Å². The Bertz CT molecular complexity index is 1460. The number of nitrogens with zero attached hydrogens (tertiary/aromatic N) is 5. The summed E-state index contributed by atoms with van der Waals surface area (Å²) < 4.78 is 15.4. The Morgan fingerprint density at radius 3 is 2.49 bits per heavy atom. The molecule has 5 rings (SSSR count). The van der Waals surface area contributed by atoms with Crippen molar-refractivity contribution in [2.45, 2.75) is 45.1 Å². The van der Waals surface area contributed by atoms with Gasteiger partial charge >= 0.3 is 0 Å². The van der Waals surface area contributed by atoms with Crippen molar-refractivity contribution in [3.63, 3.8) is 0 Å². The molecule has 2 saturated heterocycles. The summed E-state index contributed by atoms with van der Waals surface area (Å²) in [6.07, 6.45) is 7.68. The van der Waals surface area contributed by atoms with E-state index in [1.807, 2.05) is 6.07 Å². The maximum Gasteiger partial charge on any atom is 0.256 e. The Morgan fingerprint density at radius 2 is 1.81 bits per heavy atom. The highest BCUT2D eigenvalue weighted by molar-refractivity contribution is 5.99. The number of nitrogens with one attached hydrogen (secondary N) is 3. The summed E-state index contributed by atoms with van der Waals surface area (Å²) in [5.41, 5.74) is 0.968. The molecule has 1 spiro atoms. The number of pyridine rings is 1. The van der Waals surface area contributed by atoms with Gasteiger partial charge in [-0.05, 0) is 95.4 Å². The number of amides is 1. The van der Waals surface area contributed by atoms with Gasteiger partial charge < -0.3 is 30.9 Å². The highest BCUT2D eigenvalue weighted by Crippen LogP contribution is 2.42. The first-order valence-corrected chi connectivity index (χ1v) is 14.8. The Morgan fingerprint density at radius 1 is 1.09 bits per heavy atom. The Kier molecular flexibility index (Phi) is 8.93. The molecule has 0 atom stereocenters. The molecular weight excluding hydrogens is 547 g/mol. The molecule has 10 nitrogen and oxygen atoms in total. The topological polar surface area (TPSA) is 119 Å². The van der Waals surface area contributed by atoms with Crippen LogP contribution in [-0.2, 0) is 5.60 Å². The van der Waals surface area contributed by atoms with Crippen molar-refractivity contribution in [3.05, 3.63) is 72.3 Å². The first kappa shape index (κ1) is 30.4. The zero-order chi connectivity index (χ0) is 30.6. The van der Waals surface area contributed by atoms with Gasteiger partial charge in [-0.1, -0.05) is 12.1 Å².